The van der Waals surface area contributed by atoms with Crippen LogP contribution in [0.4, 0.5) is 23.0 Å². The minimum atomic E-state index is -0.693. The fraction of sp³-hybridized carbons (Fsp3) is 0.0588. The average molecular weight is 368 g/mol. The number of H-pyrrole nitrogens is 1. The van der Waals surface area contributed by atoms with Gasteiger partial charge >= 0.3 is 0 Å². The van der Waals surface area contributed by atoms with Crippen LogP contribution in [0.5, 0.6) is 5.75 Å². The number of phenols is 1. The average Bonchev–Trinajstić information content (AvgIpc) is 3.04. The van der Waals surface area contributed by atoms with Crippen LogP contribution in [0.2, 0.25) is 0 Å². The van der Waals surface area contributed by atoms with Crippen molar-refractivity contribution in [2.75, 3.05) is 10.6 Å². The number of carbonyl (C=O) groups excluding carboxylic acids is 1. The van der Waals surface area contributed by atoms with Crippen molar-refractivity contribution >= 4 is 28.9 Å². The lowest BCUT2D eigenvalue weighted by Gasteiger charge is -2.07. The first kappa shape index (κ1) is 17.7. The molecule has 10 heteroatoms. The van der Waals surface area contributed by atoms with E-state index in [1.165, 1.54) is 24.3 Å². The molecule has 0 saturated heterocycles. The summed E-state index contributed by atoms with van der Waals surface area (Å²) in [4.78, 5) is 22.1. The van der Waals surface area contributed by atoms with Gasteiger partial charge in [0.2, 0.25) is 0 Å². The van der Waals surface area contributed by atoms with Crippen molar-refractivity contribution in [3.8, 4) is 5.75 Å². The molecule has 0 aliphatic rings. The van der Waals surface area contributed by atoms with E-state index in [4.69, 9.17) is 5.73 Å². The number of nitro groups is 1. The zero-order chi connectivity index (χ0) is 19.4. The molecular weight excluding hydrogens is 352 g/mol. The van der Waals surface area contributed by atoms with Gasteiger partial charge in [-0.1, -0.05) is 12.1 Å². The van der Waals surface area contributed by atoms with E-state index in [0.717, 1.165) is 5.56 Å². The van der Waals surface area contributed by atoms with E-state index in [1.54, 1.807) is 24.3 Å². The number of hydrogen-bond acceptors (Lipinski definition) is 7. The highest BCUT2D eigenvalue weighted by Gasteiger charge is 2.18. The number of aromatic amines is 1. The van der Waals surface area contributed by atoms with Crippen molar-refractivity contribution in [1.29, 1.82) is 0 Å². The Morgan fingerprint density at radius 3 is 2.44 bits per heavy atom. The monoisotopic (exact) mass is 368 g/mol. The van der Waals surface area contributed by atoms with Gasteiger partial charge < -0.3 is 21.5 Å². The Morgan fingerprint density at radius 2 is 1.85 bits per heavy atom. The Bertz CT molecular complexity index is 966. The second-order valence-electron chi connectivity index (χ2n) is 5.64. The number of amides is 1. The molecule has 27 heavy (non-hydrogen) atoms. The first-order valence-electron chi connectivity index (χ1n) is 7.85. The quantitative estimate of drug-likeness (QED) is 0.316. The number of carbonyl (C=O) groups is 1. The molecule has 6 N–H and O–H groups in total. The van der Waals surface area contributed by atoms with E-state index in [-0.39, 0.29) is 22.8 Å². The van der Waals surface area contributed by atoms with Crippen molar-refractivity contribution in [2.45, 2.75) is 6.54 Å². The molecule has 0 unspecified atom stereocenters. The van der Waals surface area contributed by atoms with Crippen LogP contribution in [0.3, 0.4) is 0 Å². The van der Waals surface area contributed by atoms with E-state index >= 15 is 0 Å². The van der Waals surface area contributed by atoms with Crippen LogP contribution in [0.25, 0.3) is 0 Å². The van der Waals surface area contributed by atoms with Gasteiger partial charge in [0, 0.05) is 24.4 Å². The van der Waals surface area contributed by atoms with Crippen LogP contribution in [0.15, 0.2) is 48.5 Å². The minimum Gasteiger partial charge on any atom is -0.508 e. The Balaban J connectivity index is 1.77. The number of rotatable bonds is 7. The van der Waals surface area contributed by atoms with Crippen LogP contribution in [0.1, 0.15) is 15.9 Å². The summed E-state index contributed by atoms with van der Waals surface area (Å²) >= 11 is 0. The van der Waals surface area contributed by atoms with Crippen molar-refractivity contribution in [1.82, 2.24) is 10.2 Å². The van der Waals surface area contributed by atoms with Gasteiger partial charge in [0.1, 0.15) is 17.1 Å². The molecule has 2 aromatic carbocycles. The molecule has 0 fully saturated rings. The number of aromatic hydroxyl groups is 1. The predicted molar refractivity (Wildman–Crippen MR) is 98.9 cm³/mol. The molecule has 0 radical (unpaired) electrons. The smallest absolute Gasteiger partial charge is 0.269 e. The number of primary amides is 1. The van der Waals surface area contributed by atoms with Gasteiger partial charge in [-0.15, -0.1) is 0 Å². The summed E-state index contributed by atoms with van der Waals surface area (Å²) in [6, 6.07) is 12.3. The number of nitrogens with two attached hydrogens (primary N) is 1. The van der Waals surface area contributed by atoms with Gasteiger partial charge in [0.25, 0.3) is 11.6 Å². The Labute approximate surface area is 153 Å². The molecule has 0 bridgehead atoms. The zero-order valence-electron chi connectivity index (χ0n) is 14.0. The minimum absolute atomic E-state index is 0.0473. The lowest BCUT2D eigenvalue weighted by molar-refractivity contribution is -0.384. The highest BCUT2D eigenvalue weighted by Crippen LogP contribution is 2.26. The third kappa shape index (κ3) is 4.12. The van der Waals surface area contributed by atoms with Crippen molar-refractivity contribution in [3.63, 3.8) is 0 Å². The molecule has 3 rings (SSSR count). The number of non-ortho nitro benzene ring substituents is 1. The van der Waals surface area contributed by atoms with Gasteiger partial charge in [0.05, 0.1) is 4.92 Å². The van der Waals surface area contributed by atoms with E-state index in [9.17, 15) is 20.0 Å². The van der Waals surface area contributed by atoms with E-state index in [2.05, 4.69) is 20.8 Å². The van der Waals surface area contributed by atoms with E-state index in [0.29, 0.717) is 18.1 Å². The topological polar surface area (TPSA) is 159 Å². The molecule has 0 aliphatic carbocycles. The molecule has 0 atom stereocenters. The standard InChI is InChI=1S/C17H16N6O4/c18-15(25)14-16(19-9-10-1-7-13(24)8-2-10)21-22-17(14)20-11-3-5-12(6-4-11)23(26)27/h1-8,24H,9H2,(H2,18,25)(H3,19,20,21,22). The zero-order valence-corrected chi connectivity index (χ0v) is 14.0. The number of benzene rings is 2. The first-order chi connectivity index (χ1) is 12.9. The fourth-order valence-electron chi connectivity index (χ4n) is 2.41. The normalized spacial score (nSPS) is 10.4. The molecule has 138 valence electrons. The lowest BCUT2D eigenvalue weighted by Crippen LogP contribution is -2.15. The third-order valence-electron chi connectivity index (χ3n) is 3.76. The molecule has 3 aromatic rings. The fourth-order valence-corrected chi connectivity index (χ4v) is 2.41. The number of nitrogens with zero attached hydrogens (tertiary/aromatic N) is 2. The van der Waals surface area contributed by atoms with E-state index in [1.807, 2.05) is 0 Å². The van der Waals surface area contributed by atoms with Gasteiger partial charge in [-0.25, -0.2) is 0 Å². The second kappa shape index (κ2) is 7.44. The number of aromatic nitrogens is 2. The summed E-state index contributed by atoms with van der Waals surface area (Å²) < 4.78 is 0. The van der Waals surface area contributed by atoms with Gasteiger partial charge in [0.15, 0.2) is 5.82 Å². The van der Waals surface area contributed by atoms with Gasteiger partial charge in [-0.05, 0) is 29.8 Å². The molecule has 1 amide bonds. The van der Waals surface area contributed by atoms with Crippen LogP contribution in [0, 0.1) is 10.1 Å². The maximum Gasteiger partial charge on any atom is 0.269 e. The summed E-state index contributed by atoms with van der Waals surface area (Å²) in [5, 5.41) is 32.7. The van der Waals surface area contributed by atoms with Crippen molar-refractivity contribution < 1.29 is 14.8 Å². The Morgan fingerprint density at radius 1 is 1.19 bits per heavy atom. The lowest BCUT2D eigenvalue weighted by atomic mass is 10.2. The summed E-state index contributed by atoms with van der Waals surface area (Å²) in [5.74, 6) is -0.00128. The van der Waals surface area contributed by atoms with E-state index < -0.39 is 10.8 Å². The maximum atomic E-state index is 11.9. The predicted octanol–water partition coefficient (Wildman–Crippen LogP) is 2.48. The van der Waals surface area contributed by atoms with Crippen molar-refractivity contribution in [2.24, 2.45) is 5.73 Å². The Kier molecular flexibility index (Phi) is 4.88. The van der Waals surface area contributed by atoms with Gasteiger partial charge in [-0.2, -0.15) is 5.10 Å². The van der Waals surface area contributed by atoms with Crippen LogP contribution in [-0.2, 0) is 6.54 Å². The highest BCUT2D eigenvalue weighted by molar-refractivity contribution is 6.03. The molecule has 0 saturated carbocycles. The van der Waals surface area contributed by atoms with Crippen LogP contribution in [-0.4, -0.2) is 26.1 Å². The molecule has 1 heterocycles. The third-order valence-corrected chi connectivity index (χ3v) is 3.76. The molecule has 0 aliphatic heterocycles. The number of hydrogen-bond donors (Lipinski definition) is 5. The summed E-state index contributed by atoms with van der Waals surface area (Å²) in [6.07, 6.45) is 0. The molecule has 10 nitrogen and oxygen atoms in total. The summed E-state index contributed by atoms with van der Waals surface area (Å²) in [7, 11) is 0. The second-order valence-corrected chi connectivity index (χ2v) is 5.64. The summed E-state index contributed by atoms with van der Waals surface area (Å²) in [5.41, 5.74) is 6.94. The first-order valence-corrected chi connectivity index (χ1v) is 7.85. The molecule has 1 aromatic heterocycles. The van der Waals surface area contributed by atoms with Crippen molar-refractivity contribution in [3.05, 3.63) is 69.8 Å². The van der Waals surface area contributed by atoms with Crippen LogP contribution >= 0.6 is 0 Å². The number of anilines is 3. The highest BCUT2D eigenvalue weighted by atomic mass is 16.6. The van der Waals surface area contributed by atoms with Crippen LogP contribution < -0.4 is 16.4 Å². The number of phenolic OH excluding ortho intramolecular Hbond substituents is 1. The molecular formula is C17H16N6O4. The van der Waals surface area contributed by atoms with Gasteiger partial charge in [-0.3, -0.25) is 20.0 Å². The largest absolute Gasteiger partial charge is 0.508 e. The molecule has 0 spiro atoms. The summed E-state index contributed by atoms with van der Waals surface area (Å²) in [6.45, 7) is 0.375. The number of nitrogens with one attached hydrogen (secondary N) is 3. The Hall–Kier alpha value is -4.08. The number of nitro benzene ring substituents is 1. The SMILES string of the molecule is NC(=O)c1c(Nc2ccc([N+](=O)[O-])cc2)n[nH]c1NCc1ccc(O)cc1. The maximum absolute atomic E-state index is 11.9.